The van der Waals surface area contributed by atoms with E-state index in [9.17, 15) is 4.39 Å². The molecule has 6 heteroatoms. The van der Waals surface area contributed by atoms with Gasteiger partial charge >= 0.3 is 0 Å². The van der Waals surface area contributed by atoms with Crippen molar-refractivity contribution < 1.29 is 4.39 Å². The van der Waals surface area contributed by atoms with E-state index < -0.39 is 0 Å². The molecule has 0 amide bonds. The second-order valence-corrected chi connectivity index (χ2v) is 4.47. The SMILES string of the molecule is CCCNc1nc(-c2cncs2)nc(C)c1F. The van der Waals surface area contributed by atoms with E-state index in [2.05, 4.69) is 20.3 Å². The largest absolute Gasteiger partial charge is 0.368 e. The number of thiazole rings is 1. The Kier molecular flexibility index (Phi) is 3.63. The highest BCUT2D eigenvalue weighted by Crippen LogP contribution is 2.23. The van der Waals surface area contributed by atoms with E-state index in [1.165, 1.54) is 11.3 Å². The summed E-state index contributed by atoms with van der Waals surface area (Å²) in [5.74, 6) is 0.402. The molecule has 0 saturated heterocycles. The molecule has 2 rings (SSSR count). The molecular formula is C11H13FN4S. The van der Waals surface area contributed by atoms with Crippen molar-refractivity contribution in [2.45, 2.75) is 20.3 Å². The van der Waals surface area contributed by atoms with Crippen LogP contribution in [0, 0.1) is 12.7 Å². The standard InChI is InChI=1S/C11H13FN4S/c1-3-4-14-11-9(12)7(2)15-10(16-11)8-5-13-6-17-8/h5-6H,3-4H2,1-2H3,(H,14,15,16). The molecule has 2 heterocycles. The van der Waals surface area contributed by atoms with E-state index in [1.807, 2.05) is 6.92 Å². The molecule has 0 saturated carbocycles. The number of rotatable bonds is 4. The van der Waals surface area contributed by atoms with Crippen molar-refractivity contribution in [3.05, 3.63) is 23.2 Å². The Bertz CT molecular complexity index is 498. The Morgan fingerprint density at radius 2 is 2.24 bits per heavy atom. The molecule has 2 aromatic rings. The fraction of sp³-hybridized carbons (Fsp3) is 0.364. The highest BCUT2D eigenvalue weighted by Gasteiger charge is 2.12. The summed E-state index contributed by atoms with van der Waals surface area (Å²) in [4.78, 5) is 13.1. The van der Waals surface area contributed by atoms with Crippen LogP contribution in [0.1, 0.15) is 19.0 Å². The minimum atomic E-state index is -0.383. The first-order valence-corrected chi connectivity index (χ1v) is 6.27. The van der Waals surface area contributed by atoms with Crippen LogP contribution in [0.15, 0.2) is 11.7 Å². The lowest BCUT2D eigenvalue weighted by Gasteiger charge is -2.08. The number of anilines is 1. The van der Waals surface area contributed by atoms with Crippen molar-refractivity contribution >= 4 is 17.2 Å². The lowest BCUT2D eigenvalue weighted by molar-refractivity contribution is 0.605. The zero-order valence-corrected chi connectivity index (χ0v) is 10.5. The van der Waals surface area contributed by atoms with Gasteiger partial charge in [0.25, 0.3) is 0 Å². The van der Waals surface area contributed by atoms with E-state index in [1.54, 1.807) is 18.6 Å². The van der Waals surface area contributed by atoms with Crippen molar-refractivity contribution in [2.24, 2.45) is 0 Å². The van der Waals surface area contributed by atoms with Gasteiger partial charge in [0.2, 0.25) is 0 Å². The first-order chi connectivity index (χ1) is 8.22. The molecule has 1 N–H and O–H groups in total. The summed E-state index contributed by atoms with van der Waals surface area (Å²) in [6.07, 6.45) is 2.60. The van der Waals surface area contributed by atoms with Crippen molar-refractivity contribution in [3.63, 3.8) is 0 Å². The van der Waals surface area contributed by atoms with Crippen molar-refractivity contribution in [1.82, 2.24) is 15.0 Å². The van der Waals surface area contributed by atoms with Gasteiger partial charge in [-0.15, -0.1) is 11.3 Å². The minimum absolute atomic E-state index is 0.266. The number of nitrogens with zero attached hydrogens (tertiary/aromatic N) is 3. The van der Waals surface area contributed by atoms with E-state index in [4.69, 9.17) is 0 Å². The average molecular weight is 252 g/mol. The maximum Gasteiger partial charge on any atom is 0.186 e. The van der Waals surface area contributed by atoms with Gasteiger partial charge in [-0.05, 0) is 13.3 Å². The molecule has 0 aliphatic carbocycles. The van der Waals surface area contributed by atoms with Crippen LogP contribution >= 0.6 is 11.3 Å². The van der Waals surface area contributed by atoms with E-state index >= 15 is 0 Å². The smallest absolute Gasteiger partial charge is 0.186 e. The summed E-state index contributed by atoms with van der Waals surface area (Å²) in [5, 5.41) is 2.96. The normalized spacial score (nSPS) is 10.5. The van der Waals surface area contributed by atoms with Crippen LogP contribution in [0.25, 0.3) is 10.7 Å². The number of halogens is 1. The fourth-order valence-electron chi connectivity index (χ4n) is 1.36. The molecule has 2 aromatic heterocycles. The van der Waals surface area contributed by atoms with Crippen LogP contribution in [0.5, 0.6) is 0 Å². The number of hydrogen-bond donors (Lipinski definition) is 1. The molecule has 0 unspecified atom stereocenters. The summed E-state index contributed by atoms with van der Waals surface area (Å²) < 4.78 is 13.7. The molecule has 0 aliphatic heterocycles. The lowest BCUT2D eigenvalue weighted by Crippen LogP contribution is -2.07. The van der Waals surface area contributed by atoms with E-state index in [0.717, 1.165) is 11.3 Å². The molecule has 4 nitrogen and oxygen atoms in total. The van der Waals surface area contributed by atoms with Crippen molar-refractivity contribution in [3.8, 4) is 10.7 Å². The lowest BCUT2D eigenvalue weighted by atomic mass is 10.3. The maximum absolute atomic E-state index is 13.7. The van der Waals surface area contributed by atoms with Crippen LogP contribution in [0.2, 0.25) is 0 Å². The molecule has 0 fully saturated rings. The first-order valence-electron chi connectivity index (χ1n) is 5.39. The second-order valence-electron chi connectivity index (χ2n) is 3.59. The maximum atomic E-state index is 13.7. The van der Waals surface area contributed by atoms with Gasteiger partial charge in [-0.1, -0.05) is 6.92 Å². The number of aromatic nitrogens is 3. The third kappa shape index (κ3) is 2.58. The highest BCUT2D eigenvalue weighted by molar-refractivity contribution is 7.13. The van der Waals surface area contributed by atoms with Gasteiger partial charge in [0.1, 0.15) is 0 Å². The Balaban J connectivity index is 2.39. The van der Waals surface area contributed by atoms with Gasteiger partial charge in [-0.3, -0.25) is 4.98 Å². The quantitative estimate of drug-likeness (QED) is 0.909. The van der Waals surface area contributed by atoms with Gasteiger partial charge in [0, 0.05) is 12.7 Å². The van der Waals surface area contributed by atoms with Gasteiger partial charge < -0.3 is 5.32 Å². The summed E-state index contributed by atoms with van der Waals surface area (Å²) in [5.41, 5.74) is 2.05. The predicted molar refractivity (Wildman–Crippen MR) is 66.6 cm³/mol. The molecule has 0 bridgehead atoms. The monoisotopic (exact) mass is 252 g/mol. The molecule has 0 aliphatic rings. The van der Waals surface area contributed by atoms with E-state index in [-0.39, 0.29) is 11.6 Å². The van der Waals surface area contributed by atoms with Gasteiger partial charge in [0.15, 0.2) is 17.5 Å². The molecule has 0 spiro atoms. The predicted octanol–water partition coefficient (Wildman–Crippen LogP) is 2.87. The van der Waals surface area contributed by atoms with Crippen LogP contribution in [0.4, 0.5) is 10.2 Å². The summed E-state index contributed by atoms with van der Waals surface area (Å²) in [7, 11) is 0. The molecule has 17 heavy (non-hydrogen) atoms. The summed E-state index contributed by atoms with van der Waals surface area (Å²) in [6, 6.07) is 0. The van der Waals surface area contributed by atoms with Gasteiger partial charge in [-0.25, -0.2) is 14.4 Å². The Hall–Kier alpha value is -1.56. The number of nitrogens with one attached hydrogen (secondary N) is 1. The molecule has 0 radical (unpaired) electrons. The van der Waals surface area contributed by atoms with Gasteiger partial charge in [-0.2, -0.15) is 0 Å². The third-order valence-corrected chi connectivity index (χ3v) is 2.98. The van der Waals surface area contributed by atoms with Crippen LogP contribution in [-0.2, 0) is 0 Å². The van der Waals surface area contributed by atoms with E-state index in [0.29, 0.717) is 18.1 Å². The van der Waals surface area contributed by atoms with Crippen LogP contribution in [0.3, 0.4) is 0 Å². The first kappa shape index (κ1) is 11.9. The fourth-order valence-corrected chi connectivity index (χ4v) is 1.91. The Morgan fingerprint density at radius 1 is 1.41 bits per heavy atom. The molecular weight excluding hydrogens is 239 g/mol. The third-order valence-electron chi connectivity index (χ3n) is 2.21. The van der Waals surface area contributed by atoms with Crippen LogP contribution < -0.4 is 5.32 Å². The zero-order chi connectivity index (χ0) is 12.3. The van der Waals surface area contributed by atoms with Crippen molar-refractivity contribution in [2.75, 3.05) is 11.9 Å². The summed E-state index contributed by atoms with van der Waals surface area (Å²) >= 11 is 1.44. The molecule has 90 valence electrons. The van der Waals surface area contributed by atoms with Crippen molar-refractivity contribution in [1.29, 1.82) is 0 Å². The average Bonchev–Trinajstić information content (AvgIpc) is 2.84. The number of hydrogen-bond acceptors (Lipinski definition) is 5. The van der Waals surface area contributed by atoms with Gasteiger partial charge in [0.05, 0.1) is 16.1 Å². The molecule has 0 atom stereocenters. The summed E-state index contributed by atoms with van der Waals surface area (Å²) in [6.45, 7) is 4.34. The van der Waals surface area contributed by atoms with Crippen LogP contribution in [-0.4, -0.2) is 21.5 Å². The minimum Gasteiger partial charge on any atom is -0.368 e. The molecule has 0 aromatic carbocycles. The topological polar surface area (TPSA) is 50.7 Å². The number of aryl methyl sites for hydroxylation is 1. The Labute approximate surface area is 103 Å². The second kappa shape index (κ2) is 5.18. The Morgan fingerprint density at radius 3 is 2.88 bits per heavy atom. The highest BCUT2D eigenvalue weighted by atomic mass is 32.1. The zero-order valence-electron chi connectivity index (χ0n) is 9.70.